The van der Waals surface area contributed by atoms with Gasteiger partial charge in [-0.25, -0.2) is 0 Å². The van der Waals surface area contributed by atoms with Crippen molar-refractivity contribution in [1.82, 2.24) is 4.57 Å². The van der Waals surface area contributed by atoms with E-state index in [1.165, 1.54) is 0 Å². The maximum atomic E-state index is 11.5. The van der Waals surface area contributed by atoms with Gasteiger partial charge in [-0.3, -0.25) is 4.79 Å². The van der Waals surface area contributed by atoms with Crippen molar-refractivity contribution in [3.63, 3.8) is 0 Å². The largest absolute Gasteiger partial charge is 0.489 e. The molecule has 3 rings (SSSR count). The number of nitrogens with zero attached hydrogens (tertiary/aromatic N) is 1. The van der Waals surface area contributed by atoms with E-state index in [4.69, 9.17) is 4.74 Å². The van der Waals surface area contributed by atoms with Gasteiger partial charge < -0.3 is 9.30 Å². The van der Waals surface area contributed by atoms with Crippen LogP contribution in [0.15, 0.2) is 48.5 Å². The standard InChI is InChI=1S/C20H21NO2/c1-3-11-21-15(2)19(13-22)18-12-17(9-10-20(18)21)23-14-16-7-5-4-6-8-16/h4-10,12-13H,3,11,14H2,1-2H3. The second-order valence-corrected chi connectivity index (χ2v) is 5.72. The molecule has 1 heterocycles. The molecule has 1 aromatic heterocycles. The maximum absolute atomic E-state index is 11.5. The highest BCUT2D eigenvalue weighted by atomic mass is 16.5. The van der Waals surface area contributed by atoms with Crippen LogP contribution >= 0.6 is 0 Å². The highest BCUT2D eigenvalue weighted by molar-refractivity contribution is 6.00. The quantitative estimate of drug-likeness (QED) is 0.615. The zero-order chi connectivity index (χ0) is 16.2. The van der Waals surface area contributed by atoms with Crippen LogP contribution in [-0.2, 0) is 13.2 Å². The second-order valence-electron chi connectivity index (χ2n) is 5.72. The number of aromatic nitrogens is 1. The number of aryl methyl sites for hydroxylation is 1. The van der Waals surface area contributed by atoms with Crippen molar-refractivity contribution in [3.8, 4) is 5.75 Å². The van der Waals surface area contributed by atoms with Crippen molar-refractivity contribution in [2.75, 3.05) is 0 Å². The van der Waals surface area contributed by atoms with Gasteiger partial charge in [0.05, 0.1) is 0 Å². The third-order valence-corrected chi connectivity index (χ3v) is 4.16. The smallest absolute Gasteiger partial charge is 0.152 e. The lowest BCUT2D eigenvalue weighted by atomic mass is 10.1. The van der Waals surface area contributed by atoms with E-state index in [0.29, 0.717) is 6.61 Å². The first kappa shape index (κ1) is 15.3. The van der Waals surface area contributed by atoms with E-state index in [0.717, 1.165) is 52.7 Å². The van der Waals surface area contributed by atoms with Gasteiger partial charge in [0.25, 0.3) is 0 Å². The van der Waals surface area contributed by atoms with E-state index in [9.17, 15) is 4.79 Å². The average Bonchev–Trinajstić information content (AvgIpc) is 2.85. The van der Waals surface area contributed by atoms with Crippen LogP contribution in [0.1, 0.15) is 35.0 Å². The highest BCUT2D eigenvalue weighted by Crippen LogP contribution is 2.29. The number of rotatable bonds is 6. The van der Waals surface area contributed by atoms with Crippen LogP contribution in [0.3, 0.4) is 0 Å². The Bertz CT molecular complexity index is 819. The van der Waals surface area contributed by atoms with Crippen LogP contribution in [0.25, 0.3) is 10.9 Å². The van der Waals surface area contributed by atoms with E-state index in [2.05, 4.69) is 11.5 Å². The Morgan fingerprint density at radius 3 is 2.61 bits per heavy atom. The summed E-state index contributed by atoms with van der Waals surface area (Å²) in [4.78, 5) is 11.5. The Morgan fingerprint density at radius 1 is 1.13 bits per heavy atom. The fourth-order valence-corrected chi connectivity index (χ4v) is 2.98. The van der Waals surface area contributed by atoms with Crippen LogP contribution in [-0.4, -0.2) is 10.9 Å². The molecule has 3 aromatic rings. The molecule has 0 aliphatic rings. The molecule has 3 heteroatoms. The number of hydrogen-bond acceptors (Lipinski definition) is 2. The molecular weight excluding hydrogens is 286 g/mol. The Morgan fingerprint density at radius 2 is 1.91 bits per heavy atom. The van der Waals surface area contributed by atoms with Crippen molar-refractivity contribution in [2.45, 2.75) is 33.4 Å². The number of aldehydes is 1. The molecule has 0 amide bonds. The summed E-state index contributed by atoms with van der Waals surface area (Å²) in [6.07, 6.45) is 1.99. The van der Waals surface area contributed by atoms with Gasteiger partial charge in [-0.1, -0.05) is 37.3 Å². The molecular formula is C20H21NO2. The Kier molecular flexibility index (Phi) is 4.47. The maximum Gasteiger partial charge on any atom is 0.152 e. The van der Waals surface area contributed by atoms with E-state index in [1.54, 1.807) is 0 Å². The number of carbonyl (C=O) groups excluding carboxylic acids is 1. The molecule has 2 aromatic carbocycles. The fourth-order valence-electron chi connectivity index (χ4n) is 2.98. The zero-order valence-corrected chi connectivity index (χ0v) is 13.6. The van der Waals surface area contributed by atoms with Crippen LogP contribution < -0.4 is 4.74 Å². The van der Waals surface area contributed by atoms with Crippen molar-refractivity contribution < 1.29 is 9.53 Å². The summed E-state index contributed by atoms with van der Waals surface area (Å²) in [7, 11) is 0. The number of carbonyl (C=O) groups is 1. The first-order valence-electron chi connectivity index (χ1n) is 7.99. The molecule has 0 fully saturated rings. The summed E-state index contributed by atoms with van der Waals surface area (Å²) < 4.78 is 8.09. The van der Waals surface area contributed by atoms with E-state index >= 15 is 0 Å². The van der Waals surface area contributed by atoms with E-state index < -0.39 is 0 Å². The Balaban J connectivity index is 1.93. The Labute approximate surface area is 136 Å². The third kappa shape index (κ3) is 3.00. The van der Waals surface area contributed by atoms with Crippen LogP contribution in [0.4, 0.5) is 0 Å². The van der Waals surface area contributed by atoms with Crippen molar-refractivity contribution >= 4 is 17.2 Å². The molecule has 23 heavy (non-hydrogen) atoms. The minimum Gasteiger partial charge on any atom is -0.489 e. The van der Waals surface area contributed by atoms with Gasteiger partial charge in [-0.05, 0) is 37.1 Å². The summed E-state index contributed by atoms with van der Waals surface area (Å²) >= 11 is 0. The summed E-state index contributed by atoms with van der Waals surface area (Å²) in [6, 6.07) is 16.1. The minimum absolute atomic E-state index is 0.525. The molecule has 0 unspecified atom stereocenters. The summed E-state index contributed by atoms with van der Waals surface area (Å²) in [5.41, 5.74) is 4.01. The van der Waals surface area contributed by atoms with Crippen LogP contribution in [0, 0.1) is 6.92 Å². The molecule has 0 bridgehead atoms. The van der Waals surface area contributed by atoms with Gasteiger partial charge >= 0.3 is 0 Å². The van der Waals surface area contributed by atoms with Gasteiger partial charge in [0.2, 0.25) is 0 Å². The minimum atomic E-state index is 0.525. The molecule has 0 spiro atoms. The predicted octanol–water partition coefficient (Wildman–Crippen LogP) is 4.75. The SMILES string of the molecule is CCCn1c(C)c(C=O)c2cc(OCc3ccccc3)ccc21. The second kappa shape index (κ2) is 6.69. The summed E-state index contributed by atoms with van der Waals surface area (Å²) in [6.45, 7) is 5.59. The molecule has 0 N–H and O–H groups in total. The summed E-state index contributed by atoms with van der Waals surface area (Å²) in [5.74, 6) is 0.790. The lowest BCUT2D eigenvalue weighted by Crippen LogP contribution is -1.99. The third-order valence-electron chi connectivity index (χ3n) is 4.16. The van der Waals surface area contributed by atoms with Gasteiger partial charge in [0, 0.05) is 28.7 Å². The lowest BCUT2D eigenvalue weighted by Gasteiger charge is -2.08. The van der Waals surface area contributed by atoms with Crippen molar-refractivity contribution in [2.24, 2.45) is 0 Å². The van der Waals surface area contributed by atoms with Gasteiger partial charge in [0.1, 0.15) is 12.4 Å². The normalized spacial score (nSPS) is 10.9. The van der Waals surface area contributed by atoms with Gasteiger partial charge in [0.15, 0.2) is 6.29 Å². The van der Waals surface area contributed by atoms with E-state index in [-0.39, 0.29) is 0 Å². The first-order chi connectivity index (χ1) is 11.2. The molecule has 0 saturated heterocycles. The predicted molar refractivity (Wildman–Crippen MR) is 93.1 cm³/mol. The number of benzene rings is 2. The fraction of sp³-hybridized carbons (Fsp3) is 0.250. The zero-order valence-electron chi connectivity index (χ0n) is 13.6. The van der Waals surface area contributed by atoms with Gasteiger partial charge in [-0.15, -0.1) is 0 Å². The number of fused-ring (bicyclic) bond motifs is 1. The average molecular weight is 307 g/mol. The molecule has 0 radical (unpaired) electrons. The molecule has 0 aliphatic heterocycles. The molecule has 0 saturated carbocycles. The molecule has 118 valence electrons. The Hall–Kier alpha value is -2.55. The van der Waals surface area contributed by atoms with E-state index in [1.807, 2.05) is 55.5 Å². The van der Waals surface area contributed by atoms with Crippen molar-refractivity contribution in [3.05, 3.63) is 65.4 Å². The monoisotopic (exact) mass is 307 g/mol. The molecule has 3 nitrogen and oxygen atoms in total. The van der Waals surface area contributed by atoms with Crippen LogP contribution in [0.2, 0.25) is 0 Å². The van der Waals surface area contributed by atoms with Crippen molar-refractivity contribution in [1.29, 1.82) is 0 Å². The topological polar surface area (TPSA) is 31.2 Å². The van der Waals surface area contributed by atoms with Crippen LogP contribution in [0.5, 0.6) is 5.75 Å². The summed E-state index contributed by atoms with van der Waals surface area (Å²) in [5, 5.41) is 0.969. The molecule has 0 aliphatic carbocycles. The first-order valence-corrected chi connectivity index (χ1v) is 7.99. The number of hydrogen-bond donors (Lipinski definition) is 0. The van der Waals surface area contributed by atoms with Gasteiger partial charge in [-0.2, -0.15) is 0 Å². The number of ether oxygens (including phenoxy) is 1. The highest BCUT2D eigenvalue weighted by Gasteiger charge is 2.13. The molecule has 0 atom stereocenters. The lowest BCUT2D eigenvalue weighted by molar-refractivity contribution is 0.112.